The Kier molecular flexibility index (Phi) is 3.47. The number of carbonyl (C=O) groups excluding carboxylic acids is 1. The van der Waals surface area contributed by atoms with E-state index in [-0.39, 0.29) is 12.0 Å². The molecule has 0 spiro atoms. The minimum Gasteiger partial charge on any atom is -0.389 e. The highest BCUT2D eigenvalue weighted by Crippen LogP contribution is 2.23. The molecule has 21 heavy (non-hydrogen) atoms. The molecule has 2 heterocycles. The number of aliphatic hydroxyl groups is 1. The lowest BCUT2D eigenvalue weighted by Gasteiger charge is -2.35. The third-order valence-electron chi connectivity index (χ3n) is 3.71. The van der Waals surface area contributed by atoms with Crippen molar-refractivity contribution in [2.45, 2.75) is 20.0 Å². The summed E-state index contributed by atoms with van der Waals surface area (Å²) in [6.45, 7) is 4.59. The normalized spacial score (nSPS) is 15.1. The zero-order valence-corrected chi connectivity index (χ0v) is 12.6. The molecule has 2 aromatic rings. The zero-order chi connectivity index (χ0) is 15.1. The number of halogens is 1. The van der Waals surface area contributed by atoms with Crippen molar-refractivity contribution in [1.29, 1.82) is 0 Å². The predicted octanol–water partition coefficient (Wildman–Crippen LogP) is 1.96. The molecular formula is C15H16ClN3O2. The van der Waals surface area contributed by atoms with Gasteiger partial charge in [-0.05, 0) is 38.1 Å². The smallest absolute Gasteiger partial charge is 0.254 e. The molecule has 0 bridgehead atoms. The molecule has 1 N–H and O–H groups in total. The molecule has 5 nitrogen and oxygen atoms in total. The van der Waals surface area contributed by atoms with Crippen molar-refractivity contribution in [3.05, 3.63) is 46.2 Å². The van der Waals surface area contributed by atoms with Crippen LogP contribution in [0.25, 0.3) is 5.69 Å². The van der Waals surface area contributed by atoms with Crippen LogP contribution in [0.5, 0.6) is 0 Å². The highest BCUT2D eigenvalue weighted by molar-refractivity contribution is 6.31. The van der Waals surface area contributed by atoms with Gasteiger partial charge in [-0.3, -0.25) is 4.79 Å². The number of benzene rings is 1. The number of rotatable bonds is 2. The summed E-state index contributed by atoms with van der Waals surface area (Å²) in [7, 11) is 0. The fourth-order valence-electron chi connectivity index (χ4n) is 2.42. The Hall–Kier alpha value is -1.85. The number of likely N-dealkylation sites (tertiary alicyclic amines) is 1. The zero-order valence-electron chi connectivity index (χ0n) is 11.9. The van der Waals surface area contributed by atoms with Gasteiger partial charge in [0.25, 0.3) is 5.91 Å². The maximum absolute atomic E-state index is 12.1. The molecule has 1 saturated heterocycles. The maximum Gasteiger partial charge on any atom is 0.254 e. The Morgan fingerprint density at radius 3 is 2.38 bits per heavy atom. The van der Waals surface area contributed by atoms with Crippen LogP contribution in [0.15, 0.2) is 24.3 Å². The number of carbonyl (C=O) groups is 1. The Morgan fingerprint density at radius 2 is 1.90 bits per heavy atom. The molecule has 1 amide bonds. The first-order valence-electron chi connectivity index (χ1n) is 6.77. The summed E-state index contributed by atoms with van der Waals surface area (Å²) < 4.78 is 1.76. The van der Waals surface area contributed by atoms with Crippen LogP contribution < -0.4 is 0 Å². The van der Waals surface area contributed by atoms with Crippen molar-refractivity contribution in [2.75, 3.05) is 13.1 Å². The SMILES string of the molecule is Cc1nn(-c2ccc(C(=O)N3CC(O)C3)cc2)c(C)c1Cl. The van der Waals surface area contributed by atoms with E-state index in [0.29, 0.717) is 23.7 Å². The van der Waals surface area contributed by atoms with E-state index in [4.69, 9.17) is 11.6 Å². The van der Waals surface area contributed by atoms with Crippen LogP contribution in [0, 0.1) is 13.8 Å². The second-order valence-electron chi connectivity index (χ2n) is 5.31. The number of aryl methyl sites for hydroxylation is 1. The summed E-state index contributed by atoms with van der Waals surface area (Å²) >= 11 is 6.14. The largest absolute Gasteiger partial charge is 0.389 e. The fourth-order valence-corrected chi connectivity index (χ4v) is 2.54. The summed E-state index contributed by atoms with van der Waals surface area (Å²) in [5, 5.41) is 14.3. The second-order valence-corrected chi connectivity index (χ2v) is 5.69. The Balaban J connectivity index is 1.84. The third kappa shape index (κ3) is 2.43. The van der Waals surface area contributed by atoms with E-state index >= 15 is 0 Å². The molecule has 0 aliphatic carbocycles. The van der Waals surface area contributed by atoms with Crippen molar-refractivity contribution in [3.63, 3.8) is 0 Å². The number of nitrogens with zero attached hydrogens (tertiary/aromatic N) is 3. The van der Waals surface area contributed by atoms with Gasteiger partial charge >= 0.3 is 0 Å². The van der Waals surface area contributed by atoms with Crippen molar-refractivity contribution in [3.8, 4) is 5.69 Å². The average Bonchev–Trinajstić information content (AvgIpc) is 2.71. The molecule has 110 valence electrons. The van der Waals surface area contributed by atoms with Gasteiger partial charge in [-0.15, -0.1) is 0 Å². The lowest BCUT2D eigenvalue weighted by Crippen LogP contribution is -2.53. The summed E-state index contributed by atoms with van der Waals surface area (Å²) in [5.74, 6) is -0.0572. The molecule has 0 saturated carbocycles. The fraction of sp³-hybridized carbons (Fsp3) is 0.333. The van der Waals surface area contributed by atoms with Gasteiger partial charge in [0.05, 0.1) is 28.2 Å². The molecule has 0 radical (unpaired) electrons. The number of hydrogen-bond acceptors (Lipinski definition) is 3. The number of aliphatic hydroxyl groups excluding tert-OH is 1. The van der Waals surface area contributed by atoms with Gasteiger partial charge in [-0.25, -0.2) is 4.68 Å². The van der Waals surface area contributed by atoms with Gasteiger partial charge in [-0.1, -0.05) is 11.6 Å². The molecule has 6 heteroatoms. The summed E-state index contributed by atoms with van der Waals surface area (Å²) in [4.78, 5) is 13.7. The average molecular weight is 306 g/mol. The number of aromatic nitrogens is 2. The van der Waals surface area contributed by atoms with E-state index in [1.165, 1.54) is 0 Å². The van der Waals surface area contributed by atoms with Crippen LogP contribution in [0.2, 0.25) is 5.02 Å². The summed E-state index contributed by atoms with van der Waals surface area (Å²) in [6.07, 6.45) is -0.384. The molecular weight excluding hydrogens is 290 g/mol. The maximum atomic E-state index is 12.1. The highest BCUT2D eigenvalue weighted by Gasteiger charge is 2.29. The lowest BCUT2D eigenvalue weighted by atomic mass is 10.1. The van der Waals surface area contributed by atoms with E-state index < -0.39 is 0 Å². The first-order valence-corrected chi connectivity index (χ1v) is 7.14. The van der Waals surface area contributed by atoms with E-state index in [2.05, 4.69) is 5.10 Å². The standard InChI is InChI=1S/C15H16ClN3O2/c1-9-14(16)10(2)19(17-9)12-5-3-11(4-6-12)15(21)18-7-13(20)8-18/h3-6,13,20H,7-8H2,1-2H3. The second kappa shape index (κ2) is 5.16. The topological polar surface area (TPSA) is 58.4 Å². The van der Waals surface area contributed by atoms with E-state index in [9.17, 15) is 9.90 Å². The van der Waals surface area contributed by atoms with Crippen molar-refractivity contribution >= 4 is 17.5 Å². The minimum atomic E-state index is -0.384. The van der Waals surface area contributed by atoms with Gasteiger partial charge in [0.15, 0.2) is 0 Å². The molecule has 0 unspecified atom stereocenters. The van der Waals surface area contributed by atoms with Crippen LogP contribution in [0.1, 0.15) is 21.7 Å². The molecule has 3 rings (SSSR count). The van der Waals surface area contributed by atoms with Crippen LogP contribution in [0.4, 0.5) is 0 Å². The molecule has 1 aromatic heterocycles. The van der Waals surface area contributed by atoms with Gasteiger partial charge in [0.2, 0.25) is 0 Å². The lowest BCUT2D eigenvalue weighted by molar-refractivity contribution is 0.00589. The van der Waals surface area contributed by atoms with Crippen molar-refractivity contribution in [2.24, 2.45) is 0 Å². The summed E-state index contributed by atoms with van der Waals surface area (Å²) in [6, 6.07) is 7.23. The molecule has 1 fully saturated rings. The van der Waals surface area contributed by atoms with Gasteiger partial charge in [-0.2, -0.15) is 5.10 Å². The van der Waals surface area contributed by atoms with Crippen LogP contribution in [-0.4, -0.2) is 44.9 Å². The minimum absolute atomic E-state index is 0.0572. The van der Waals surface area contributed by atoms with Gasteiger partial charge in [0, 0.05) is 18.7 Å². The Bertz CT molecular complexity index is 688. The number of hydrogen-bond donors (Lipinski definition) is 1. The monoisotopic (exact) mass is 305 g/mol. The quantitative estimate of drug-likeness (QED) is 0.923. The van der Waals surface area contributed by atoms with Crippen LogP contribution >= 0.6 is 11.6 Å². The van der Waals surface area contributed by atoms with Crippen LogP contribution in [0.3, 0.4) is 0 Å². The molecule has 0 atom stereocenters. The van der Waals surface area contributed by atoms with E-state index in [1.807, 2.05) is 26.0 Å². The molecule has 1 aliphatic heterocycles. The van der Waals surface area contributed by atoms with Crippen molar-refractivity contribution < 1.29 is 9.90 Å². The Morgan fingerprint density at radius 1 is 1.29 bits per heavy atom. The van der Waals surface area contributed by atoms with Crippen molar-refractivity contribution in [1.82, 2.24) is 14.7 Å². The summed E-state index contributed by atoms with van der Waals surface area (Å²) in [5.41, 5.74) is 3.13. The first kappa shape index (κ1) is 14.1. The van der Waals surface area contributed by atoms with Crippen LogP contribution in [-0.2, 0) is 0 Å². The number of β-amino-alcohol motifs (C(OH)–C–C–N with tert-alkyl or cyclic N) is 1. The predicted molar refractivity (Wildman–Crippen MR) is 80.0 cm³/mol. The van der Waals surface area contributed by atoms with E-state index in [0.717, 1.165) is 17.1 Å². The first-order chi connectivity index (χ1) is 9.97. The van der Waals surface area contributed by atoms with Gasteiger partial charge in [0.1, 0.15) is 0 Å². The number of amides is 1. The third-order valence-corrected chi connectivity index (χ3v) is 4.26. The Labute approximate surface area is 127 Å². The van der Waals surface area contributed by atoms with Gasteiger partial charge < -0.3 is 10.0 Å². The highest BCUT2D eigenvalue weighted by atomic mass is 35.5. The van der Waals surface area contributed by atoms with E-state index in [1.54, 1.807) is 21.7 Å². The molecule has 1 aliphatic rings. The molecule has 1 aromatic carbocycles.